The Labute approximate surface area is 133 Å². The Hall–Kier alpha value is -2.40. The molecule has 0 saturated carbocycles. The summed E-state index contributed by atoms with van der Waals surface area (Å²) in [5.74, 6) is 0.842. The molecule has 5 nitrogen and oxygen atoms in total. The van der Waals surface area contributed by atoms with Crippen molar-refractivity contribution in [2.75, 3.05) is 26.6 Å². The Bertz CT molecular complexity index is 663. The molecule has 0 aliphatic heterocycles. The second-order valence-corrected chi connectivity index (χ2v) is 4.75. The standard InChI is InChI=1S/C16H16ClNO4/c1-20-10-8-13(21-2)15(14(9-10)22-3)16(19)18-12-7-5-4-6-11(12)17/h4-9H,1-3H3,(H,18,19). The molecule has 116 valence electrons. The molecule has 0 unspecified atom stereocenters. The number of halogens is 1. The van der Waals surface area contributed by atoms with Crippen molar-refractivity contribution in [1.82, 2.24) is 0 Å². The third-order valence-electron chi connectivity index (χ3n) is 3.06. The molecule has 0 radical (unpaired) electrons. The zero-order chi connectivity index (χ0) is 16.1. The highest BCUT2D eigenvalue weighted by atomic mass is 35.5. The Morgan fingerprint density at radius 1 is 1.00 bits per heavy atom. The van der Waals surface area contributed by atoms with Crippen molar-refractivity contribution in [3.05, 3.63) is 47.0 Å². The van der Waals surface area contributed by atoms with Crippen molar-refractivity contribution in [1.29, 1.82) is 0 Å². The number of anilines is 1. The van der Waals surface area contributed by atoms with Gasteiger partial charge >= 0.3 is 0 Å². The monoisotopic (exact) mass is 321 g/mol. The van der Waals surface area contributed by atoms with Gasteiger partial charge in [-0.1, -0.05) is 23.7 Å². The van der Waals surface area contributed by atoms with E-state index in [-0.39, 0.29) is 11.5 Å². The summed E-state index contributed by atoms with van der Waals surface area (Å²) in [7, 11) is 4.47. The minimum Gasteiger partial charge on any atom is -0.496 e. The Morgan fingerprint density at radius 3 is 2.09 bits per heavy atom. The van der Waals surface area contributed by atoms with Gasteiger partial charge in [-0.05, 0) is 12.1 Å². The SMILES string of the molecule is COc1cc(OC)c(C(=O)Nc2ccccc2Cl)c(OC)c1. The highest BCUT2D eigenvalue weighted by molar-refractivity contribution is 6.34. The lowest BCUT2D eigenvalue weighted by Crippen LogP contribution is -2.15. The van der Waals surface area contributed by atoms with Crippen molar-refractivity contribution in [2.45, 2.75) is 0 Å². The van der Waals surface area contributed by atoms with Gasteiger partial charge in [-0.15, -0.1) is 0 Å². The first-order valence-corrected chi connectivity index (χ1v) is 6.84. The Morgan fingerprint density at radius 2 is 1.59 bits per heavy atom. The van der Waals surface area contributed by atoms with E-state index in [1.165, 1.54) is 21.3 Å². The lowest BCUT2D eigenvalue weighted by molar-refractivity contribution is 0.102. The smallest absolute Gasteiger partial charge is 0.263 e. The van der Waals surface area contributed by atoms with Crippen molar-refractivity contribution >= 4 is 23.2 Å². The maximum atomic E-state index is 12.6. The van der Waals surface area contributed by atoms with Crippen LogP contribution in [0, 0.1) is 0 Å². The number of carbonyl (C=O) groups is 1. The summed E-state index contributed by atoms with van der Waals surface area (Å²) in [6, 6.07) is 10.2. The van der Waals surface area contributed by atoms with Crippen LogP contribution in [0.25, 0.3) is 0 Å². The Balaban J connectivity index is 2.42. The lowest BCUT2D eigenvalue weighted by atomic mass is 10.1. The van der Waals surface area contributed by atoms with Crippen molar-refractivity contribution < 1.29 is 19.0 Å². The first-order valence-electron chi connectivity index (χ1n) is 6.46. The van der Waals surface area contributed by atoms with E-state index < -0.39 is 0 Å². The summed E-state index contributed by atoms with van der Waals surface area (Å²) >= 11 is 6.05. The van der Waals surface area contributed by atoms with Crippen LogP contribution in [-0.2, 0) is 0 Å². The molecule has 0 heterocycles. The van der Waals surface area contributed by atoms with E-state index in [0.29, 0.717) is 28.0 Å². The van der Waals surface area contributed by atoms with Crippen molar-refractivity contribution in [3.63, 3.8) is 0 Å². The van der Waals surface area contributed by atoms with Gasteiger partial charge in [-0.2, -0.15) is 0 Å². The van der Waals surface area contributed by atoms with Gasteiger partial charge in [-0.3, -0.25) is 4.79 Å². The van der Waals surface area contributed by atoms with E-state index >= 15 is 0 Å². The van der Waals surface area contributed by atoms with E-state index in [1.807, 2.05) is 0 Å². The zero-order valence-electron chi connectivity index (χ0n) is 12.5. The minimum absolute atomic E-state index is 0.269. The highest BCUT2D eigenvalue weighted by Crippen LogP contribution is 2.35. The molecule has 22 heavy (non-hydrogen) atoms. The van der Waals surface area contributed by atoms with Crippen LogP contribution in [0.2, 0.25) is 5.02 Å². The van der Waals surface area contributed by atoms with Crippen molar-refractivity contribution in [2.24, 2.45) is 0 Å². The average Bonchev–Trinajstić information content (AvgIpc) is 2.55. The second-order valence-electron chi connectivity index (χ2n) is 4.34. The molecule has 1 N–H and O–H groups in total. The summed E-state index contributed by atoms with van der Waals surface area (Å²) in [5.41, 5.74) is 0.778. The number of para-hydroxylation sites is 1. The fraction of sp³-hybridized carbons (Fsp3) is 0.188. The lowest BCUT2D eigenvalue weighted by Gasteiger charge is -2.15. The molecule has 0 spiro atoms. The molecular weight excluding hydrogens is 306 g/mol. The fourth-order valence-electron chi connectivity index (χ4n) is 1.98. The summed E-state index contributed by atoms with van der Waals surface area (Å²) in [4.78, 5) is 12.6. The van der Waals surface area contributed by atoms with Gasteiger partial charge < -0.3 is 19.5 Å². The molecule has 2 rings (SSSR count). The van der Waals surface area contributed by atoms with Crippen LogP contribution >= 0.6 is 11.6 Å². The van der Waals surface area contributed by atoms with Crippen LogP contribution in [0.4, 0.5) is 5.69 Å². The number of amides is 1. The second kappa shape index (κ2) is 7.04. The maximum Gasteiger partial charge on any atom is 0.263 e. The van der Waals surface area contributed by atoms with E-state index in [9.17, 15) is 4.79 Å². The third-order valence-corrected chi connectivity index (χ3v) is 3.39. The average molecular weight is 322 g/mol. The van der Waals surface area contributed by atoms with Gasteiger partial charge in [0.1, 0.15) is 22.8 Å². The largest absolute Gasteiger partial charge is 0.496 e. The van der Waals surface area contributed by atoms with Crippen LogP contribution in [0.5, 0.6) is 17.2 Å². The number of hydrogen-bond acceptors (Lipinski definition) is 4. The maximum absolute atomic E-state index is 12.6. The minimum atomic E-state index is -0.385. The summed E-state index contributed by atoms with van der Waals surface area (Å²) in [6.45, 7) is 0. The fourth-order valence-corrected chi connectivity index (χ4v) is 2.16. The summed E-state index contributed by atoms with van der Waals surface area (Å²) in [5, 5.41) is 3.19. The van der Waals surface area contributed by atoms with Crippen LogP contribution in [0.15, 0.2) is 36.4 Å². The number of hydrogen-bond donors (Lipinski definition) is 1. The number of benzene rings is 2. The molecule has 2 aromatic carbocycles. The van der Waals surface area contributed by atoms with Crippen LogP contribution < -0.4 is 19.5 Å². The molecule has 1 amide bonds. The predicted octanol–water partition coefficient (Wildman–Crippen LogP) is 3.62. The van der Waals surface area contributed by atoms with Gasteiger partial charge in [0.15, 0.2) is 0 Å². The number of rotatable bonds is 5. The van der Waals surface area contributed by atoms with Gasteiger partial charge in [0.05, 0.1) is 32.0 Å². The van der Waals surface area contributed by atoms with E-state index in [1.54, 1.807) is 36.4 Å². The van der Waals surface area contributed by atoms with Gasteiger partial charge in [-0.25, -0.2) is 0 Å². The van der Waals surface area contributed by atoms with E-state index in [0.717, 1.165) is 0 Å². The summed E-state index contributed by atoms with van der Waals surface area (Å²) in [6.07, 6.45) is 0. The van der Waals surface area contributed by atoms with Gasteiger partial charge in [0.25, 0.3) is 5.91 Å². The molecule has 0 aromatic heterocycles. The van der Waals surface area contributed by atoms with E-state index in [2.05, 4.69) is 5.32 Å². The quantitative estimate of drug-likeness (QED) is 0.914. The normalized spacial score (nSPS) is 10.0. The topological polar surface area (TPSA) is 56.8 Å². The first kappa shape index (κ1) is 16.0. The molecule has 2 aromatic rings. The van der Waals surface area contributed by atoms with Gasteiger partial charge in [0, 0.05) is 12.1 Å². The van der Waals surface area contributed by atoms with E-state index in [4.69, 9.17) is 25.8 Å². The molecule has 6 heteroatoms. The number of carbonyl (C=O) groups excluding carboxylic acids is 1. The highest BCUT2D eigenvalue weighted by Gasteiger charge is 2.21. The van der Waals surface area contributed by atoms with Crippen LogP contribution in [-0.4, -0.2) is 27.2 Å². The molecule has 0 fully saturated rings. The third kappa shape index (κ3) is 3.26. The number of ether oxygens (including phenoxy) is 3. The zero-order valence-corrected chi connectivity index (χ0v) is 13.2. The number of methoxy groups -OCH3 is 3. The first-order chi connectivity index (χ1) is 10.6. The molecule has 0 aliphatic carbocycles. The van der Waals surface area contributed by atoms with Crippen LogP contribution in [0.1, 0.15) is 10.4 Å². The van der Waals surface area contributed by atoms with Crippen molar-refractivity contribution in [3.8, 4) is 17.2 Å². The molecular formula is C16H16ClNO4. The molecule has 0 saturated heterocycles. The molecule has 0 bridgehead atoms. The molecule has 0 atom stereocenters. The van der Waals surface area contributed by atoms with Gasteiger partial charge in [0.2, 0.25) is 0 Å². The van der Waals surface area contributed by atoms with Crippen LogP contribution in [0.3, 0.4) is 0 Å². The Kier molecular flexibility index (Phi) is 5.12. The predicted molar refractivity (Wildman–Crippen MR) is 85.5 cm³/mol. The molecule has 0 aliphatic rings. The summed E-state index contributed by atoms with van der Waals surface area (Å²) < 4.78 is 15.7. The number of nitrogens with one attached hydrogen (secondary N) is 1.